The molecule has 9 heteroatoms. The predicted octanol–water partition coefficient (Wildman–Crippen LogP) is 6.30. The van der Waals surface area contributed by atoms with Gasteiger partial charge in [-0.15, -0.1) is 0 Å². The Morgan fingerprint density at radius 2 is 1.95 bits per heavy atom. The average molecular weight is 538 g/mol. The van der Waals surface area contributed by atoms with E-state index in [0.717, 1.165) is 55.6 Å². The summed E-state index contributed by atoms with van der Waals surface area (Å²) >= 11 is 0. The van der Waals surface area contributed by atoms with Gasteiger partial charge in [0.25, 0.3) is 0 Å². The number of nitrogens with one attached hydrogen (secondary N) is 1. The maximum Gasteiger partial charge on any atom is 0.418 e. The minimum Gasteiger partial charge on any atom is -0.299 e. The Balaban J connectivity index is 1.42. The van der Waals surface area contributed by atoms with E-state index in [1.807, 2.05) is 31.3 Å². The van der Waals surface area contributed by atoms with Gasteiger partial charge in [0.15, 0.2) is 0 Å². The van der Waals surface area contributed by atoms with Crippen LogP contribution < -0.4 is 5.69 Å². The van der Waals surface area contributed by atoms with Gasteiger partial charge in [-0.25, -0.2) is 4.79 Å². The second-order valence-electron chi connectivity index (χ2n) is 11.5. The molecule has 0 unspecified atom stereocenters. The van der Waals surface area contributed by atoms with Gasteiger partial charge >= 0.3 is 11.9 Å². The number of nitrogens with zero attached hydrogens (tertiary/aromatic N) is 4. The van der Waals surface area contributed by atoms with E-state index in [4.69, 9.17) is 0 Å². The molecule has 1 aliphatic heterocycles. The minimum absolute atomic E-state index is 0.0956. The summed E-state index contributed by atoms with van der Waals surface area (Å²) in [5, 5.41) is 7.39. The van der Waals surface area contributed by atoms with Crippen molar-refractivity contribution < 1.29 is 13.2 Å². The smallest absolute Gasteiger partial charge is 0.299 e. The van der Waals surface area contributed by atoms with E-state index in [2.05, 4.69) is 22.0 Å². The molecule has 2 fully saturated rings. The number of aromatic amines is 1. The maximum absolute atomic E-state index is 14.2. The highest BCUT2D eigenvalue weighted by atomic mass is 19.4. The summed E-state index contributed by atoms with van der Waals surface area (Å²) in [6, 6.07) is 8.85. The van der Waals surface area contributed by atoms with Gasteiger partial charge in [0.2, 0.25) is 0 Å². The third kappa shape index (κ3) is 4.93. The molecule has 0 radical (unpaired) electrons. The number of hydrogen-bond donors (Lipinski definition) is 1. The van der Waals surface area contributed by atoms with Crippen LogP contribution in [0.2, 0.25) is 0 Å². The Morgan fingerprint density at radius 1 is 1.13 bits per heavy atom. The number of halogens is 3. The summed E-state index contributed by atoms with van der Waals surface area (Å²) in [7, 11) is 0. The van der Waals surface area contributed by atoms with E-state index < -0.39 is 17.4 Å². The van der Waals surface area contributed by atoms with Gasteiger partial charge in [-0.05, 0) is 85.9 Å². The molecular formula is C30H34F3N5O. The van der Waals surface area contributed by atoms with Gasteiger partial charge in [0.05, 0.1) is 23.0 Å². The van der Waals surface area contributed by atoms with E-state index in [0.29, 0.717) is 29.6 Å². The lowest BCUT2D eigenvalue weighted by molar-refractivity contribution is -0.136. The molecule has 1 aliphatic carbocycles. The Morgan fingerprint density at radius 3 is 2.62 bits per heavy atom. The van der Waals surface area contributed by atoms with Crippen LogP contribution in [-0.4, -0.2) is 37.2 Å². The molecule has 1 saturated carbocycles. The molecular weight excluding hydrogens is 503 g/mol. The standard InChI is InChI=1S/C30H34F3N5O/c1-19-6-5-11-36(15-19)16-21-12-25(30(31,32)33)26-18-37(29(39)38(26)17-21)24-10-4-9-23(13-24)27(22-7-3-8-22)28-20(2)14-34-35-28/h4,9-10,12-14,17-19,22,27H,3,5-8,11,15-16H2,1-2H3,(H,34,35)/t19-,27+/m0/s1. The third-order valence-electron chi connectivity index (χ3n) is 8.58. The number of H-pyrrole nitrogens is 1. The molecule has 0 spiro atoms. The number of imidazole rings is 1. The highest BCUT2D eigenvalue weighted by Crippen LogP contribution is 2.44. The number of piperidine rings is 1. The Kier molecular flexibility index (Phi) is 6.65. The lowest BCUT2D eigenvalue weighted by Gasteiger charge is -2.34. The van der Waals surface area contributed by atoms with E-state index in [1.165, 1.54) is 27.7 Å². The summed E-state index contributed by atoms with van der Waals surface area (Å²) in [4.78, 5) is 15.8. The fourth-order valence-electron chi connectivity index (χ4n) is 6.42. The molecule has 1 saturated heterocycles. The molecule has 39 heavy (non-hydrogen) atoms. The molecule has 6 nitrogen and oxygen atoms in total. The topological polar surface area (TPSA) is 58.3 Å². The van der Waals surface area contributed by atoms with Crippen LogP contribution in [0.1, 0.15) is 72.9 Å². The molecule has 4 heterocycles. The quantitative estimate of drug-likeness (QED) is 0.314. The monoisotopic (exact) mass is 537 g/mol. The predicted molar refractivity (Wildman–Crippen MR) is 144 cm³/mol. The summed E-state index contributed by atoms with van der Waals surface area (Å²) in [6.45, 7) is 6.28. The van der Waals surface area contributed by atoms with Crippen molar-refractivity contribution in [2.24, 2.45) is 11.8 Å². The van der Waals surface area contributed by atoms with Crippen molar-refractivity contribution in [3.05, 3.63) is 87.4 Å². The Labute approximate surface area is 225 Å². The van der Waals surface area contributed by atoms with Crippen LogP contribution in [0.4, 0.5) is 13.2 Å². The molecule has 1 N–H and O–H groups in total. The molecule has 2 atom stereocenters. The number of alkyl halides is 3. The Hall–Kier alpha value is -3.33. The largest absolute Gasteiger partial charge is 0.418 e. The van der Waals surface area contributed by atoms with Crippen LogP contribution in [0.5, 0.6) is 0 Å². The first-order valence-electron chi connectivity index (χ1n) is 13.9. The second kappa shape index (κ2) is 10.0. The fraction of sp³-hybridized carbons (Fsp3) is 0.467. The van der Waals surface area contributed by atoms with Crippen molar-refractivity contribution in [1.29, 1.82) is 0 Å². The third-order valence-corrected chi connectivity index (χ3v) is 8.58. The summed E-state index contributed by atoms with van der Waals surface area (Å²) < 4.78 is 45.2. The number of fused-ring (bicyclic) bond motifs is 1. The van der Waals surface area contributed by atoms with Gasteiger partial charge in [-0.1, -0.05) is 25.5 Å². The number of rotatable bonds is 6. The number of pyridine rings is 1. The molecule has 1 aromatic carbocycles. The molecule has 0 amide bonds. The van der Waals surface area contributed by atoms with Gasteiger partial charge in [-0.2, -0.15) is 18.3 Å². The van der Waals surface area contributed by atoms with Crippen LogP contribution in [0, 0.1) is 18.8 Å². The van der Waals surface area contributed by atoms with Crippen LogP contribution in [-0.2, 0) is 12.7 Å². The van der Waals surface area contributed by atoms with Gasteiger partial charge in [0, 0.05) is 37.1 Å². The fourth-order valence-corrected chi connectivity index (χ4v) is 6.42. The lowest BCUT2D eigenvalue weighted by Crippen LogP contribution is -2.34. The zero-order chi connectivity index (χ0) is 27.3. The lowest BCUT2D eigenvalue weighted by atomic mass is 9.71. The van der Waals surface area contributed by atoms with Gasteiger partial charge in [0.1, 0.15) is 0 Å². The van der Waals surface area contributed by atoms with Crippen molar-refractivity contribution in [2.75, 3.05) is 13.1 Å². The second-order valence-corrected chi connectivity index (χ2v) is 11.5. The zero-order valence-electron chi connectivity index (χ0n) is 22.3. The van der Waals surface area contributed by atoms with Crippen molar-refractivity contribution >= 4 is 5.52 Å². The SMILES string of the molecule is Cc1cn[nH]c1[C@@H](c1cccc(-n2cc3c(C(F)(F)F)cc(CN4CCC[C@H](C)C4)cn3c2=O)c1)C1CCC1. The number of aryl methyl sites for hydroxylation is 1. The van der Waals surface area contributed by atoms with Crippen LogP contribution in [0.3, 0.4) is 0 Å². The Bertz CT molecular complexity index is 1540. The van der Waals surface area contributed by atoms with Crippen LogP contribution in [0.15, 0.2) is 53.7 Å². The molecule has 206 valence electrons. The van der Waals surface area contributed by atoms with Crippen molar-refractivity contribution in [1.82, 2.24) is 24.1 Å². The molecule has 4 aromatic rings. The minimum atomic E-state index is -4.58. The first kappa shape index (κ1) is 25.9. The maximum atomic E-state index is 14.2. The number of likely N-dealkylation sites (tertiary alicyclic amines) is 1. The van der Waals surface area contributed by atoms with Crippen molar-refractivity contribution in [3.8, 4) is 5.69 Å². The highest BCUT2D eigenvalue weighted by molar-refractivity contribution is 5.58. The first-order valence-corrected chi connectivity index (χ1v) is 13.9. The van der Waals surface area contributed by atoms with Gasteiger partial charge < -0.3 is 0 Å². The van der Waals surface area contributed by atoms with Crippen LogP contribution >= 0.6 is 0 Å². The summed E-state index contributed by atoms with van der Waals surface area (Å²) in [6.07, 6.45) is 5.70. The van der Waals surface area contributed by atoms with Crippen molar-refractivity contribution in [2.45, 2.75) is 64.6 Å². The van der Waals surface area contributed by atoms with Crippen molar-refractivity contribution in [3.63, 3.8) is 0 Å². The number of aromatic nitrogens is 4. The normalized spacial score (nSPS) is 19.9. The zero-order valence-corrected chi connectivity index (χ0v) is 22.3. The number of benzene rings is 1. The van der Waals surface area contributed by atoms with E-state index in [-0.39, 0.29) is 11.4 Å². The summed E-state index contributed by atoms with van der Waals surface area (Å²) in [5.74, 6) is 1.06. The molecule has 6 rings (SSSR count). The molecule has 0 bridgehead atoms. The van der Waals surface area contributed by atoms with E-state index in [9.17, 15) is 18.0 Å². The average Bonchev–Trinajstić information content (AvgIpc) is 3.43. The van der Waals surface area contributed by atoms with Crippen LogP contribution in [0.25, 0.3) is 11.2 Å². The van der Waals surface area contributed by atoms with Gasteiger partial charge in [-0.3, -0.25) is 19.0 Å². The molecule has 2 aliphatic rings. The summed E-state index contributed by atoms with van der Waals surface area (Å²) in [5.41, 5.74) is 2.81. The van der Waals surface area contributed by atoms with E-state index >= 15 is 0 Å². The highest BCUT2D eigenvalue weighted by Gasteiger charge is 2.35. The van der Waals surface area contributed by atoms with E-state index in [1.54, 1.807) is 12.3 Å². The molecule has 3 aromatic heterocycles. The first-order chi connectivity index (χ1) is 18.7. The number of hydrogen-bond acceptors (Lipinski definition) is 3.